The predicted octanol–water partition coefficient (Wildman–Crippen LogP) is 1.76. The van der Waals surface area contributed by atoms with Crippen molar-refractivity contribution in [2.75, 3.05) is 5.75 Å². The summed E-state index contributed by atoms with van der Waals surface area (Å²) in [6.45, 7) is 1.97. The van der Waals surface area contributed by atoms with Crippen molar-refractivity contribution >= 4 is 22.8 Å². The van der Waals surface area contributed by atoms with Crippen molar-refractivity contribution < 1.29 is 9.59 Å². The maximum Gasteiger partial charge on any atom is 0.251 e. The maximum absolute atomic E-state index is 11.8. The molecule has 0 spiro atoms. The van der Waals surface area contributed by atoms with Gasteiger partial charge in [-0.2, -0.15) is 0 Å². The monoisotopic (exact) mass is 235 g/mol. The number of rotatable bonds is 2. The summed E-state index contributed by atoms with van der Waals surface area (Å²) in [6.07, 6.45) is 0.737. The Hall–Kier alpha value is -1.29. The van der Waals surface area contributed by atoms with Gasteiger partial charge in [-0.25, -0.2) is 0 Å². The Morgan fingerprint density at radius 1 is 1.38 bits per heavy atom. The molecule has 0 radical (unpaired) electrons. The Bertz CT molecular complexity index is 414. The highest BCUT2D eigenvalue weighted by atomic mass is 32.2. The zero-order chi connectivity index (χ0) is 11.5. The van der Waals surface area contributed by atoms with Crippen LogP contribution < -0.4 is 5.32 Å². The second-order valence-corrected chi connectivity index (χ2v) is 4.95. The van der Waals surface area contributed by atoms with Crippen molar-refractivity contribution in [2.24, 2.45) is 0 Å². The van der Waals surface area contributed by atoms with Crippen LogP contribution in [0.3, 0.4) is 0 Å². The molecule has 3 nitrogen and oxygen atoms in total. The van der Waals surface area contributed by atoms with Gasteiger partial charge in [-0.1, -0.05) is 29.5 Å². The molecular weight excluding hydrogens is 222 g/mol. The van der Waals surface area contributed by atoms with E-state index >= 15 is 0 Å². The van der Waals surface area contributed by atoms with Crippen molar-refractivity contribution in [1.29, 1.82) is 0 Å². The van der Waals surface area contributed by atoms with E-state index in [0.29, 0.717) is 5.56 Å². The van der Waals surface area contributed by atoms with Gasteiger partial charge in [0.1, 0.15) is 0 Å². The highest BCUT2D eigenvalue weighted by Gasteiger charge is 2.26. The molecule has 4 heteroatoms. The second kappa shape index (κ2) is 4.70. The number of thioether (sulfide) groups is 1. The fourth-order valence-corrected chi connectivity index (χ4v) is 2.51. The number of amides is 1. The van der Waals surface area contributed by atoms with Crippen LogP contribution in [0.4, 0.5) is 0 Å². The maximum atomic E-state index is 11.8. The van der Waals surface area contributed by atoms with Crippen LogP contribution in [0.15, 0.2) is 24.3 Å². The number of benzene rings is 1. The first-order valence-electron chi connectivity index (χ1n) is 5.21. The Kier molecular flexibility index (Phi) is 3.29. The summed E-state index contributed by atoms with van der Waals surface area (Å²) in [6, 6.07) is 7.02. The summed E-state index contributed by atoms with van der Waals surface area (Å²) in [5.74, 6) is 0.637. The van der Waals surface area contributed by atoms with Crippen molar-refractivity contribution in [3.8, 4) is 0 Å². The number of hydrogen-bond acceptors (Lipinski definition) is 3. The molecule has 1 fully saturated rings. The molecule has 1 N–H and O–H groups in total. The molecule has 1 aromatic rings. The number of aryl methyl sites for hydroxylation is 1. The van der Waals surface area contributed by atoms with Gasteiger partial charge in [-0.3, -0.25) is 9.59 Å². The standard InChI is InChI=1S/C12H13NO2S/c1-8-2-4-9(5-3-8)11(14)13-10-6-7-16-12(10)15/h2-5,10H,6-7H2,1H3,(H,13,14)/t10-/m0/s1. The van der Waals surface area contributed by atoms with Crippen LogP contribution in [0.1, 0.15) is 22.3 Å². The van der Waals surface area contributed by atoms with Gasteiger partial charge in [-0.05, 0) is 25.5 Å². The van der Waals surface area contributed by atoms with Gasteiger partial charge in [0, 0.05) is 11.3 Å². The summed E-state index contributed by atoms with van der Waals surface area (Å²) >= 11 is 1.29. The lowest BCUT2D eigenvalue weighted by atomic mass is 10.1. The van der Waals surface area contributed by atoms with Gasteiger partial charge in [-0.15, -0.1) is 0 Å². The third-order valence-electron chi connectivity index (χ3n) is 2.55. The van der Waals surface area contributed by atoms with Crippen molar-refractivity contribution in [3.63, 3.8) is 0 Å². The summed E-state index contributed by atoms with van der Waals surface area (Å²) < 4.78 is 0. The minimum absolute atomic E-state index is 0.0699. The molecule has 1 amide bonds. The SMILES string of the molecule is Cc1ccc(C(=O)N[C@H]2CCSC2=O)cc1. The molecule has 0 bridgehead atoms. The lowest BCUT2D eigenvalue weighted by Crippen LogP contribution is -2.37. The molecule has 1 saturated heterocycles. The fourth-order valence-electron chi connectivity index (χ4n) is 1.57. The number of nitrogens with one attached hydrogen (secondary N) is 1. The molecule has 1 aliphatic rings. The fraction of sp³-hybridized carbons (Fsp3) is 0.333. The van der Waals surface area contributed by atoms with Crippen LogP contribution >= 0.6 is 11.8 Å². The lowest BCUT2D eigenvalue weighted by Gasteiger charge is -2.09. The Labute approximate surface area is 98.6 Å². The number of carbonyl (C=O) groups excluding carboxylic acids is 2. The van der Waals surface area contributed by atoms with Gasteiger partial charge in [0.25, 0.3) is 5.91 Å². The van der Waals surface area contributed by atoms with E-state index in [1.165, 1.54) is 11.8 Å². The molecule has 2 rings (SSSR count). The molecule has 1 heterocycles. The van der Waals surface area contributed by atoms with Crippen molar-refractivity contribution in [1.82, 2.24) is 5.32 Å². The molecule has 0 unspecified atom stereocenters. The van der Waals surface area contributed by atoms with Gasteiger partial charge < -0.3 is 5.32 Å². The zero-order valence-electron chi connectivity index (χ0n) is 9.03. The number of hydrogen-bond donors (Lipinski definition) is 1. The first-order chi connectivity index (χ1) is 7.66. The van der Waals surface area contributed by atoms with Gasteiger partial charge in [0.2, 0.25) is 5.12 Å². The molecule has 16 heavy (non-hydrogen) atoms. The normalized spacial score (nSPS) is 19.8. The second-order valence-electron chi connectivity index (χ2n) is 3.85. The van der Waals surface area contributed by atoms with Crippen LogP contribution in [-0.2, 0) is 4.79 Å². The van der Waals surface area contributed by atoms with E-state index in [1.807, 2.05) is 19.1 Å². The van der Waals surface area contributed by atoms with E-state index in [-0.39, 0.29) is 17.1 Å². The molecule has 84 valence electrons. The molecule has 0 aliphatic carbocycles. The van der Waals surface area contributed by atoms with E-state index in [0.717, 1.165) is 17.7 Å². The van der Waals surface area contributed by atoms with Gasteiger partial charge in [0.05, 0.1) is 6.04 Å². The van der Waals surface area contributed by atoms with Crippen molar-refractivity contribution in [2.45, 2.75) is 19.4 Å². The van der Waals surface area contributed by atoms with E-state index in [4.69, 9.17) is 0 Å². The number of carbonyl (C=O) groups is 2. The minimum atomic E-state index is -0.307. The van der Waals surface area contributed by atoms with Crippen LogP contribution in [-0.4, -0.2) is 22.8 Å². The van der Waals surface area contributed by atoms with E-state index in [9.17, 15) is 9.59 Å². The summed E-state index contributed by atoms with van der Waals surface area (Å²) in [5, 5.41) is 2.82. The molecule has 1 atom stereocenters. The van der Waals surface area contributed by atoms with E-state index < -0.39 is 0 Å². The summed E-state index contributed by atoms with van der Waals surface area (Å²) in [7, 11) is 0. The third kappa shape index (κ3) is 2.44. The first kappa shape index (κ1) is 11.2. The highest BCUT2D eigenvalue weighted by molar-refractivity contribution is 8.14. The first-order valence-corrected chi connectivity index (χ1v) is 6.19. The van der Waals surface area contributed by atoms with Gasteiger partial charge in [0.15, 0.2) is 0 Å². The lowest BCUT2D eigenvalue weighted by molar-refractivity contribution is -0.112. The minimum Gasteiger partial charge on any atom is -0.341 e. The summed E-state index contributed by atoms with van der Waals surface area (Å²) in [4.78, 5) is 23.1. The smallest absolute Gasteiger partial charge is 0.251 e. The molecule has 1 aliphatic heterocycles. The average molecular weight is 235 g/mol. The van der Waals surface area contributed by atoms with Crippen LogP contribution in [0.2, 0.25) is 0 Å². The van der Waals surface area contributed by atoms with Crippen LogP contribution in [0.5, 0.6) is 0 Å². The Balaban J connectivity index is 2.02. The topological polar surface area (TPSA) is 46.2 Å². The predicted molar refractivity (Wildman–Crippen MR) is 64.5 cm³/mol. The molecule has 0 saturated carbocycles. The van der Waals surface area contributed by atoms with Gasteiger partial charge >= 0.3 is 0 Å². The van der Waals surface area contributed by atoms with Crippen molar-refractivity contribution in [3.05, 3.63) is 35.4 Å². The Morgan fingerprint density at radius 2 is 2.06 bits per heavy atom. The van der Waals surface area contributed by atoms with E-state index in [2.05, 4.69) is 5.32 Å². The quantitative estimate of drug-likeness (QED) is 0.849. The third-order valence-corrected chi connectivity index (χ3v) is 3.56. The van der Waals surface area contributed by atoms with Crippen LogP contribution in [0, 0.1) is 6.92 Å². The van der Waals surface area contributed by atoms with E-state index in [1.54, 1.807) is 12.1 Å². The molecular formula is C12H13NO2S. The Morgan fingerprint density at radius 3 is 2.62 bits per heavy atom. The zero-order valence-corrected chi connectivity index (χ0v) is 9.84. The summed E-state index contributed by atoms with van der Waals surface area (Å²) in [5.41, 5.74) is 1.72. The highest BCUT2D eigenvalue weighted by Crippen LogP contribution is 2.19. The average Bonchev–Trinajstić information content (AvgIpc) is 2.65. The molecule has 1 aromatic carbocycles. The largest absolute Gasteiger partial charge is 0.341 e. The molecule has 0 aromatic heterocycles. The van der Waals surface area contributed by atoms with Crippen LogP contribution in [0.25, 0.3) is 0 Å².